The van der Waals surface area contributed by atoms with E-state index in [1.165, 1.54) is 4.90 Å². The van der Waals surface area contributed by atoms with E-state index in [2.05, 4.69) is 11.9 Å². The molecule has 244 valence electrons. The maximum Gasteiger partial charge on any atom is 0.350 e. The number of anilines is 1. The molecule has 1 fully saturated rings. The third-order valence-corrected chi connectivity index (χ3v) is 8.64. The van der Waals surface area contributed by atoms with Crippen LogP contribution in [0.1, 0.15) is 71.7 Å². The SMILES string of the molecule is CCCCOc1ccc(C(O)=C2C(=O)C(=O)N(c3nc(C)c(C(=O)OCC(C)C)s3)[C@H]2c2ccc(OCc3ccccc3)cc2)cc1. The summed E-state index contributed by atoms with van der Waals surface area (Å²) in [4.78, 5) is 46.3. The summed E-state index contributed by atoms with van der Waals surface area (Å²) in [5.41, 5.74) is 2.20. The predicted molar refractivity (Wildman–Crippen MR) is 181 cm³/mol. The minimum atomic E-state index is -1.02. The van der Waals surface area contributed by atoms with Gasteiger partial charge in [0, 0.05) is 5.56 Å². The average molecular weight is 655 g/mol. The first-order valence-electron chi connectivity index (χ1n) is 15.6. The van der Waals surface area contributed by atoms with Crippen LogP contribution in [-0.4, -0.2) is 41.0 Å². The Morgan fingerprint density at radius 1 is 0.957 bits per heavy atom. The van der Waals surface area contributed by atoms with Crippen LogP contribution in [0.15, 0.2) is 84.4 Å². The van der Waals surface area contributed by atoms with E-state index < -0.39 is 23.7 Å². The molecule has 0 aliphatic carbocycles. The Morgan fingerprint density at radius 3 is 2.28 bits per heavy atom. The number of aliphatic hydroxyl groups excluding tert-OH is 1. The Balaban J connectivity index is 1.52. The van der Waals surface area contributed by atoms with Crippen molar-refractivity contribution >= 4 is 39.9 Å². The number of ketones is 1. The lowest BCUT2D eigenvalue weighted by molar-refractivity contribution is -0.132. The van der Waals surface area contributed by atoms with Crippen LogP contribution in [0.25, 0.3) is 5.76 Å². The van der Waals surface area contributed by atoms with Crippen LogP contribution in [0.2, 0.25) is 0 Å². The number of esters is 1. The summed E-state index contributed by atoms with van der Waals surface area (Å²) in [6.45, 7) is 8.76. The van der Waals surface area contributed by atoms with Crippen LogP contribution < -0.4 is 14.4 Å². The van der Waals surface area contributed by atoms with Gasteiger partial charge >= 0.3 is 11.9 Å². The summed E-state index contributed by atoms with van der Waals surface area (Å²) in [6, 6.07) is 22.5. The Kier molecular flexibility index (Phi) is 10.7. The fraction of sp³-hybridized carbons (Fsp3) is 0.297. The number of aryl methyl sites for hydroxylation is 1. The average Bonchev–Trinajstić information content (AvgIpc) is 3.59. The third kappa shape index (κ3) is 7.72. The standard InChI is InChI=1S/C37H38N2O7S/c1-5-6-20-44-28-18-14-27(15-19-28)32(40)30-31(26-12-16-29(17-13-26)45-22-25-10-8-7-9-11-25)39(35(42)33(30)41)37-38-24(4)34(47-37)36(43)46-21-23(2)3/h7-19,23,31,40H,5-6,20-22H2,1-4H3/t31-/m0/s1. The van der Waals surface area contributed by atoms with Crippen molar-refractivity contribution in [3.8, 4) is 11.5 Å². The molecule has 1 aliphatic rings. The second-order valence-corrected chi connectivity index (χ2v) is 12.6. The zero-order chi connectivity index (χ0) is 33.5. The second-order valence-electron chi connectivity index (χ2n) is 11.6. The fourth-order valence-corrected chi connectivity index (χ4v) is 6.00. The Labute approximate surface area is 278 Å². The van der Waals surface area contributed by atoms with E-state index in [1.54, 1.807) is 55.5 Å². The lowest BCUT2D eigenvalue weighted by atomic mass is 9.95. The van der Waals surface area contributed by atoms with E-state index in [1.807, 2.05) is 44.2 Å². The molecule has 0 unspecified atom stereocenters. The predicted octanol–water partition coefficient (Wildman–Crippen LogP) is 7.65. The van der Waals surface area contributed by atoms with Crippen molar-refractivity contribution in [3.63, 3.8) is 0 Å². The summed E-state index contributed by atoms with van der Waals surface area (Å²) in [5.74, 6) is -1.24. The van der Waals surface area contributed by atoms with Gasteiger partial charge in [0.1, 0.15) is 28.7 Å². The van der Waals surface area contributed by atoms with Crippen LogP contribution in [0, 0.1) is 12.8 Å². The minimum absolute atomic E-state index is 0.0932. The third-order valence-electron chi connectivity index (χ3n) is 7.51. The van der Waals surface area contributed by atoms with Crippen molar-refractivity contribution in [3.05, 3.63) is 112 Å². The highest BCUT2D eigenvalue weighted by Crippen LogP contribution is 2.44. The molecule has 0 radical (unpaired) electrons. The molecule has 5 rings (SSSR count). The number of aromatic nitrogens is 1. The van der Waals surface area contributed by atoms with E-state index >= 15 is 0 Å². The zero-order valence-corrected chi connectivity index (χ0v) is 27.7. The van der Waals surface area contributed by atoms with Crippen molar-refractivity contribution < 1.29 is 33.7 Å². The van der Waals surface area contributed by atoms with Crippen molar-refractivity contribution in [2.24, 2.45) is 5.92 Å². The molecule has 1 aliphatic heterocycles. The molecule has 2 heterocycles. The molecule has 0 saturated carbocycles. The number of nitrogens with zero attached hydrogens (tertiary/aromatic N) is 2. The van der Waals surface area contributed by atoms with Gasteiger partial charge in [-0.25, -0.2) is 9.78 Å². The number of carbonyl (C=O) groups is 3. The summed E-state index contributed by atoms with van der Waals surface area (Å²) in [5, 5.41) is 11.7. The topological polar surface area (TPSA) is 115 Å². The van der Waals surface area contributed by atoms with E-state index in [9.17, 15) is 19.5 Å². The highest BCUT2D eigenvalue weighted by molar-refractivity contribution is 7.17. The molecule has 1 atom stereocenters. The maximum atomic E-state index is 13.7. The number of benzene rings is 3. The van der Waals surface area contributed by atoms with Crippen molar-refractivity contribution in [1.82, 2.24) is 4.98 Å². The number of carbonyl (C=O) groups excluding carboxylic acids is 3. The van der Waals surface area contributed by atoms with Crippen LogP contribution in [-0.2, 0) is 20.9 Å². The monoisotopic (exact) mass is 654 g/mol. The first-order valence-corrected chi connectivity index (χ1v) is 16.4. The van der Waals surface area contributed by atoms with Crippen LogP contribution in [0.3, 0.4) is 0 Å². The second kappa shape index (κ2) is 15.1. The van der Waals surface area contributed by atoms with Crippen LogP contribution >= 0.6 is 11.3 Å². The van der Waals surface area contributed by atoms with Gasteiger partial charge in [0.15, 0.2) is 5.13 Å². The van der Waals surface area contributed by atoms with Crippen LogP contribution in [0.5, 0.6) is 11.5 Å². The summed E-state index contributed by atoms with van der Waals surface area (Å²) in [6.07, 6.45) is 1.91. The van der Waals surface area contributed by atoms with Crippen molar-refractivity contribution in [2.75, 3.05) is 18.1 Å². The molecule has 47 heavy (non-hydrogen) atoms. The molecule has 3 aromatic carbocycles. The van der Waals surface area contributed by atoms with Crippen molar-refractivity contribution in [2.45, 2.75) is 53.2 Å². The number of Topliss-reactive ketones (excluding diaryl/α,β-unsaturated/α-hetero) is 1. The fourth-order valence-electron chi connectivity index (χ4n) is 5.01. The molecular formula is C37H38N2O7S. The summed E-state index contributed by atoms with van der Waals surface area (Å²) < 4.78 is 17.1. The molecule has 1 N–H and O–H groups in total. The molecule has 1 aromatic heterocycles. The van der Waals surface area contributed by atoms with E-state index in [0.29, 0.717) is 41.5 Å². The summed E-state index contributed by atoms with van der Waals surface area (Å²) >= 11 is 0.972. The number of unbranched alkanes of at least 4 members (excludes halogenated alkanes) is 1. The first-order chi connectivity index (χ1) is 22.7. The smallest absolute Gasteiger partial charge is 0.350 e. The van der Waals surface area contributed by atoms with Gasteiger partial charge in [-0.2, -0.15) is 0 Å². The number of amides is 1. The maximum absolute atomic E-state index is 13.7. The normalized spacial score (nSPS) is 15.7. The highest BCUT2D eigenvalue weighted by atomic mass is 32.1. The van der Waals surface area contributed by atoms with Gasteiger partial charge in [-0.3, -0.25) is 14.5 Å². The molecule has 1 saturated heterocycles. The lowest BCUT2D eigenvalue weighted by Gasteiger charge is -2.23. The Bertz CT molecular complexity index is 1750. The van der Waals surface area contributed by atoms with Gasteiger partial charge < -0.3 is 19.3 Å². The largest absolute Gasteiger partial charge is 0.507 e. The van der Waals surface area contributed by atoms with Gasteiger partial charge in [0.25, 0.3) is 5.78 Å². The van der Waals surface area contributed by atoms with E-state index in [0.717, 1.165) is 29.7 Å². The molecule has 0 bridgehead atoms. The minimum Gasteiger partial charge on any atom is -0.507 e. The number of hydrogen-bond acceptors (Lipinski definition) is 9. The molecule has 9 nitrogen and oxygen atoms in total. The molecule has 10 heteroatoms. The molecule has 1 amide bonds. The van der Waals surface area contributed by atoms with Crippen molar-refractivity contribution in [1.29, 1.82) is 0 Å². The van der Waals surface area contributed by atoms with Gasteiger partial charge in [-0.15, -0.1) is 0 Å². The number of ether oxygens (including phenoxy) is 3. The zero-order valence-electron chi connectivity index (χ0n) is 26.9. The van der Waals surface area contributed by atoms with Gasteiger partial charge in [-0.1, -0.05) is 81.0 Å². The highest BCUT2D eigenvalue weighted by Gasteiger charge is 2.48. The Morgan fingerprint density at radius 2 is 1.62 bits per heavy atom. The number of hydrogen-bond donors (Lipinski definition) is 1. The number of thiazole rings is 1. The van der Waals surface area contributed by atoms with E-state index in [4.69, 9.17) is 14.2 Å². The first kappa shape index (κ1) is 33.4. The van der Waals surface area contributed by atoms with Gasteiger partial charge in [0.05, 0.1) is 30.5 Å². The number of aliphatic hydroxyl groups is 1. The molecular weight excluding hydrogens is 616 g/mol. The molecule has 4 aromatic rings. The van der Waals surface area contributed by atoms with E-state index in [-0.39, 0.29) is 33.9 Å². The molecule has 0 spiro atoms. The summed E-state index contributed by atoms with van der Waals surface area (Å²) in [7, 11) is 0. The van der Waals surface area contributed by atoms with Gasteiger partial charge in [0.2, 0.25) is 0 Å². The number of rotatable bonds is 13. The quantitative estimate of drug-likeness (QED) is 0.0514. The van der Waals surface area contributed by atoms with Crippen LogP contribution in [0.4, 0.5) is 5.13 Å². The Hall–Kier alpha value is -4.96. The van der Waals surface area contributed by atoms with Gasteiger partial charge in [-0.05, 0) is 66.8 Å². The lowest BCUT2D eigenvalue weighted by Crippen LogP contribution is -2.29.